The Morgan fingerprint density at radius 3 is 2.86 bits per heavy atom. The zero-order chi connectivity index (χ0) is 19.2. The molecule has 28 heavy (non-hydrogen) atoms. The van der Waals surface area contributed by atoms with E-state index in [1.54, 1.807) is 36.1 Å². The molecule has 2 N–H and O–H groups in total. The first-order valence-electron chi connectivity index (χ1n) is 8.78. The van der Waals surface area contributed by atoms with Crippen LogP contribution >= 0.6 is 24.0 Å². The zero-order valence-corrected chi connectivity index (χ0v) is 18.1. The van der Waals surface area contributed by atoms with Gasteiger partial charge in [-0.3, -0.25) is 9.67 Å². The van der Waals surface area contributed by atoms with E-state index in [-0.39, 0.29) is 35.8 Å². The van der Waals surface area contributed by atoms with Gasteiger partial charge in [0, 0.05) is 51.5 Å². The van der Waals surface area contributed by atoms with E-state index in [1.807, 2.05) is 24.2 Å². The van der Waals surface area contributed by atoms with Crippen molar-refractivity contribution >= 4 is 35.6 Å². The topological polar surface area (TPSA) is 66.7 Å². The van der Waals surface area contributed by atoms with Gasteiger partial charge in [0.25, 0.3) is 0 Å². The van der Waals surface area contributed by atoms with Crippen LogP contribution in [0.4, 0.5) is 14.5 Å². The van der Waals surface area contributed by atoms with E-state index in [0.717, 1.165) is 18.5 Å². The number of aromatic nitrogens is 2. The van der Waals surface area contributed by atoms with Crippen LogP contribution in [-0.4, -0.2) is 48.5 Å². The van der Waals surface area contributed by atoms with E-state index in [0.29, 0.717) is 24.7 Å². The molecule has 3 rings (SSSR count). The number of rotatable bonds is 6. The number of alkyl halides is 2. The third kappa shape index (κ3) is 5.94. The monoisotopic (exact) mass is 506 g/mol. The average Bonchev–Trinajstić information content (AvgIpc) is 3.27. The number of aryl methyl sites for hydroxylation is 1. The Bertz CT molecular complexity index is 785. The molecule has 0 saturated carbocycles. The summed E-state index contributed by atoms with van der Waals surface area (Å²) in [7, 11) is 3.59. The number of para-hydroxylation sites is 2. The Morgan fingerprint density at radius 1 is 1.39 bits per heavy atom. The first-order valence-corrected chi connectivity index (χ1v) is 8.78. The fourth-order valence-electron chi connectivity index (χ4n) is 3.15. The summed E-state index contributed by atoms with van der Waals surface area (Å²) in [5.74, 6) is 0.898. The Labute approximate surface area is 180 Å². The summed E-state index contributed by atoms with van der Waals surface area (Å²) in [4.78, 5) is 6.30. The molecule has 1 fully saturated rings. The molecule has 1 atom stereocenters. The van der Waals surface area contributed by atoms with Crippen LogP contribution in [0.15, 0.2) is 41.7 Å². The van der Waals surface area contributed by atoms with Gasteiger partial charge in [-0.1, -0.05) is 12.1 Å². The average molecular weight is 506 g/mol. The van der Waals surface area contributed by atoms with Crippen LogP contribution in [0.2, 0.25) is 0 Å². The Hall–Kier alpha value is -2.11. The van der Waals surface area contributed by atoms with Gasteiger partial charge in [-0.2, -0.15) is 13.9 Å². The molecule has 1 aliphatic rings. The number of ether oxygens (including phenoxy) is 1. The molecule has 1 aromatic heterocycles. The van der Waals surface area contributed by atoms with E-state index in [2.05, 4.69) is 25.5 Å². The quantitative estimate of drug-likeness (QED) is 0.359. The molecule has 0 amide bonds. The van der Waals surface area contributed by atoms with Crippen LogP contribution in [0.3, 0.4) is 0 Å². The molecule has 0 bridgehead atoms. The van der Waals surface area contributed by atoms with Crippen molar-refractivity contribution in [2.75, 3.05) is 25.0 Å². The lowest BCUT2D eigenvalue weighted by Gasteiger charge is -2.22. The molecular formula is C18H25F2IN6O. The first-order chi connectivity index (χ1) is 13.0. The SMILES string of the molecule is CN=C(NCc1cnn(C)c1)NC1CCN(c2ccccc2OC(F)F)C1.I. The van der Waals surface area contributed by atoms with Gasteiger partial charge in [0.1, 0.15) is 5.75 Å². The van der Waals surface area contributed by atoms with E-state index >= 15 is 0 Å². The third-order valence-electron chi connectivity index (χ3n) is 4.39. The van der Waals surface area contributed by atoms with Gasteiger partial charge in [-0.15, -0.1) is 24.0 Å². The molecule has 10 heteroatoms. The number of nitrogens with one attached hydrogen (secondary N) is 2. The highest BCUT2D eigenvalue weighted by Crippen LogP contribution is 2.31. The first kappa shape index (κ1) is 22.2. The minimum absolute atomic E-state index is 0. The summed E-state index contributed by atoms with van der Waals surface area (Å²) in [6.07, 6.45) is 4.62. The number of hydrogen-bond acceptors (Lipinski definition) is 4. The van der Waals surface area contributed by atoms with Gasteiger partial charge in [0.2, 0.25) is 0 Å². The van der Waals surface area contributed by atoms with Crippen molar-refractivity contribution in [2.24, 2.45) is 12.0 Å². The lowest BCUT2D eigenvalue weighted by molar-refractivity contribution is -0.0495. The summed E-state index contributed by atoms with van der Waals surface area (Å²) in [5, 5.41) is 10.8. The lowest BCUT2D eigenvalue weighted by atomic mass is 10.2. The molecule has 1 aliphatic heterocycles. The van der Waals surface area contributed by atoms with Crippen LogP contribution in [0, 0.1) is 0 Å². The van der Waals surface area contributed by atoms with E-state index in [9.17, 15) is 8.78 Å². The molecular weight excluding hydrogens is 481 g/mol. The van der Waals surface area contributed by atoms with Gasteiger partial charge in [-0.05, 0) is 18.6 Å². The van der Waals surface area contributed by atoms with Gasteiger partial charge in [0.05, 0.1) is 11.9 Å². The van der Waals surface area contributed by atoms with Crippen LogP contribution in [0.5, 0.6) is 5.75 Å². The fourth-order valence-corrected chi connectivity index (χ4v) is 3.15. The van der Waals surface area contributed by atoms with Crippen molar-refractivity contribution in [3.63, 3.8) is 0 Å². The second-order valence-electron chi connectivity index (χ2n) is 6.37. The zero-order valence-electron chi connectivity index (χ0n) is 15.8. The highest BCUT2D eigenvalue weighted by atomic mass is 127. The Morgan fingerprint density at radius 2 is 2.18 bits per heavy atom. The molecule has 0 spiro atoms. The van der Waals surface area contributed by atoms with Gasteiger partial charge in [-0.25, -0.2) is 0 Å². The standard InChI is InChI=1S/C18H24F2N6O.HI/c1-21-18(22-9-13-10-23-25(2)11-13)24-14-7-8-26(12-14)15-5-3-4-6-16(15)27-17(19)20;/h3-6,10-11,14,17H,7-9,12H2,1-2H3,(H2,21,22,24);1H. The minimum Gasteiger partial charge on any atom is -0.433 e. The van der Waals surface area contributed by atoms with Crippen LogP contribution in [0.25, 0.3) is 0 Å². The summed E-state index contributed by atoms with van der Waals surface area (Å²) < 4.78 is 31.6. The number of halogens is 3. The number of nitrogens with zero attached hydrogens (tertiary/aromatic N) is 4. The summed E-state index contributed by atoms with van der Waals surface area (Å²) in [6, 6.07) is 7.04. The maximum Gasteiger partial charge on any atom is 0.387 e. The Kier molecular flexibility index (Phi) is 8.27. The van der Waals surface area contributed by atoms with Crippen molar-refractivity contribution < 1.29 is 13.5 Å². The van der Waals surface area contributed by atoms with Crippen molar-refractivity contribution in [1.29, 1.82) is 0 Å². The van der Waals surface area contributed by atoms with Gasteiger partial charge >= 0.3 is 6.61 Å². The fraction of sp³-hybridized carbons (Fsp3) is 0.444. The highest BCUT2D eigenvalue weighted by Gasteiger charge is 2.26. The predicted molar refractivity (Wildman–Crippen MR) is 116 cm³/mol. The molecule has 1 unspecified atom stereocenters. The van der Waals surface area contributed by atoms with Crippen molar-refractivity contribution in [1.82, 2.24) is 20.4 Å². The normalized spacial score (nSPS) is 16.8. The molecule has 2 heterocycles. The summed E-state index contributed by atoms with van der Waals surface area (Å²) >= 11 is 0. The number of guanidine groups is 1. The molecule has 2 aromatic rings. The van der Waals surface area contributed by atoms with Crippen LogP contribution in [-0.2, 0) is 13.6 Å². The Balaban J connectivity index is 0.00000280. The van der Waals surface area contributed by atoms with E-state index < -0.39 is 6.61 Å². The molecule has 1 saturated heterocycles. The van der Waals surface area contributed by atoms with Crippen molar-refractivity contribution in [3.05, 3.63) is 42.2 Å². The van der Waals surface area contributed by atoms with Gasteiger partial charge < -0.3 is 20.3 Å². The minimum atomic E-state index is -2.84. The molecule has 1 aromatic carbocycles. The highest BCUT2D eigenvalue weighted by molar-refractivity contribution is 14.0. The van der Waals surface area contributed by atoms with Crippen LogP contribution in [0.1, 0.15) is 12.0 Å². The second kappa shape index (κ2) is 10.4. The molecule has 7 nitrogen and oxygen atoms in total. The predicted octanol–water partition coefficient (Wildman–Crippen LogP) is 2.58. The largest absolute Gasteiger partial charge is 0.433 e. The van der Waals surface area contributed by atoms with Crippen molar-refractivity contribution in [3.8, 4) is 5.75 Å². The second-order valence-corrected chi connectivity index (χ2v) is 6.37. The lowest BCUT2D eigenvalue weighted by Crippen LogP contribution is -2.44. The molecule has 154 valence electrons. The van der Waals surface area contributed by atoms with E-state index in [1.165, 1.54) is 0 Å². The molecule has 0 radical (unpaired) electrons. The van der Waals surface area contributed by atoms with Gasteiger partial charge in [0.15, 0.2) is 5.96 Å². The number of aliphatic imine (C=N–C) groups is 1. The number of hydrogen-bond donors (Lipinski definition) is 2. The van der Waals surface area contributed by atoms with Crippen molar-refractivity contribution in [2.45, 2.75) is 25.6 Å². The number of benzene rings is 1. The number of anilines is 1. The smallest absolute Gasteiger partial charge is 0.387 e. The van der Waals surface area contributed by atoms with E-state index in [4.69, 9.17) is 0 Å². The third-order valence-corrected chi connectivity index (χ3v) is 4.39. The summed E-state index contributed by atoms with van der Waals surface area (Å²) in [5.41, 5.74) is 1.74. The maximum atomic E-state index is 12.6. The molecule has 0 aliphatic carbocycles. The summed E-state index contributed by atoms with van der Waals surface area (Å²) in [6.45, 7) is -0.786. The van der Waals surface area contributed by atoms with Crippen LogP contribution < -0.4 is 20.3 Å². The maximum absolute atomic E-state index is 12.6.